The summed E-state index contributed by atoms with van der Waals surface area (Å²) in [6.45, 7) is 6.31. The van der Waals surface area contributed by atoms with E-state index in [0.717, 1.165) is 77.0 Å². The first-order valence-electron chi connectivity index (χ1n) is 24.2. The Morgan fingerprint density at radius 3 is 1.31 bits per heavy atom. The molecule has 0 fully saturated rings. The zero-order valence-corrected chi connectivity index (χ0v) is 37.9. The Balaban J connectivity index is 4.52. The van der Waals surface area contributed by atoms with Crippen LogP contribution in [0.2, 0.25) is 0 Å². The van der Waals surface area contributed by atoms with E-state index in [9.17, 15) is 19.8 Å². The molecule has 3 N–H and O–H groups in total. The number of esters is 1. The molecule has 3 atom stereocenters. The first kappa shape index (κ1) is 55.3. The zero-order chi connectivity index (χ0) is 42.4. The molecule has 0 aliphatic heterocycles. The highest BCUT2D eigenvalue weighted by Crippen LogP contribution is 2.17. The molecular formula is C52H91NO5. The lowest BCUT2D eigenvalue weighted by Gasteiger charge is -2.24. The van der Waals surface area contributed by atoms with Crippen LogP contribution in [-0.2, 0) is 14.3 Å². The van der Waals surface area contributed by atoms with Crippen LogP contribution in [0.5, 0.6) is 0 Å². The van der Waals surface area contributed by atoms with Crippen molar-refractivity contribution in [3.63, 3.8) is 0 Å². The maximum atomic E-state index is 13.1. The van der Waals surface area contributed by atoms with Gasteiger partial charge in [0.2, 0.25) is 5.91 Å². The standard InChI is InChI=1S/C52H91NO5/c1-4-7-10-13-16-18-20-22-23-24-25-26-27-29-31-33-36-39-42-45-52(57)58-48(43-40-37-34-15-12-9-6-3)46-51(56)53-49(47-54)50(55)44-41-38-35-32-30-28-21-19-17-14-11-8-5-2/h7,10,16,18,22-23,25-26,29,31,36,39,48-50,54-55H,4-6,8-9,11-15,17,19-21,24,27-28,30,32-35,37-38,40-47H2,1-3H3,(H,53,56)/b10-7-,18-16-,23-22-,26-25-,31-29-,39-36-. The van der Waals surface area contributed by atoms with Gasteiger partial charge in [0, 0.05) is 6.42 Å². The van der Waals surface area contributed by atoms with E-state index < -0.39 is 18.2 Å². The largest absolute Gasteiger partial charge is 0.462 e. The predicted molar refractivity (Wildman–Crippen MR) is 250 cm³/mol. The van der Waals surface area contributed by atoms with Crippen LogP contribution in [-0.4, -0.2) is 46.9 Å². The Morgan fingerprint density at radius 1 is 0.517 bits per heavy atom. The van der Waals surface area contributed by atoms with E-state index >= 15 is 0 Å². The molecular weight excluding hydrogens is 719 g/mol. The van der Waals surface area contributed by atoms with Gasteiger partial charge in [0.25, 0.3) is 0 Å². The molecule has 0 aromatic carbocycles. The smallest absolute Gasteiger partial charge is 0.306 e. The monoisotopic (exact) mass is 810 g/mol. The summed E-state index contributed by atoms with van der Waals surface area (Å²) in [4.78, 5) is 25.9. The highest BCUT2D eigenvalue weighted by atomic mass is 16.5. The second-order valence-corrected chi connectivity index (χ2v) is 16.1. The number of ether oxygens (including phenoxy) is 1. The fraction of sp³-hybridized carbons (Fsp3) is 0.731. The molecule has 0 aliphatic rings. The third-order valence-electron chi connectivity index (χ3n) is 10.6. The topological polar surface area (TPSA) is 95.9 Å². The van der Waals surface area contributed by atoms with Gasteiger partial charge < -0.3 is 20.3 Å². The third-order valence-corrected chi connectivity index (χ3v) is 10.6. The number of amides is 1. The Morgan fingerprint density at radius 2 is 0.897 bits per heavy atom. The summed E-state index contributed by atoms with van der Waals surface area (Å²) in [5, 5.41) is 23.6. The molecule has 6 nitrogen and oxygen atoms in total. The maximum absolute atomic E-state index is 13.1. The van der Waals surface area contributed by atoms with Crippen LogP contribution in [0.3, 0.4) is 0 Å². The fourth-order valence-electron chi connectivity index (χ4n) is 6.93. The number of aliphatic hydroxyl groups is 2. The number of hydrogen-bond donors (Lipinski definition) is 3. The minimum Gasteiger partial charge on any atom is -0.462 e. The van der Waals surface area contributed by atoms with Crippen LogP contribution in [0.25, 0.3) is 0 Å². The lowest BCUT2D eigenvalue weighted by Crippen LogP contribution is -2.46. The van der Waals surface area contributed by atoms with Gasteiger partial charge in [-0.3, -0.25) is 9.59 Å². The molecule has 0 saturated carbocycles. The van der Waals surface area contributed by atoms with Gasteiger partial charge in [-0.25, -0.2) is 0 Å². The summed E-state index contributed by atoms with van der Waals surface area (Å²) < 4.78 is 5.84. The number of carbonyl (C=O) groups is 2. The average Bonchev–Trinajstić information content (AvgIpc) is 3.21. The zero-order valence-electron chi connectivity index (χ0n) is 37.9. The van der Waals surface area contributed by atoms with E-state index in [1.54, 1.807) is 0 Å². The van der Waals surface area contributed by atoms with Gasteiger partial charge in [-0.05, 0) is 64.2 Å². The number of allylic oxidation sites excluding steroid dienone is 12. The van der Waals surface area contributed by atoms with Gasteiger partial charge >= 0.3 is 5.97 Å². The molecule has 0 rings (SSSR count). The summed E-state index contributed by atoms with van der Waals surface area (Å²) in [5.74, 6) is -0.581. The van der Waals surface area contributed by atoms with Gasteiger partial charge in [0.05, 0.1) is 25.2 Å². The van der Waals surface area contributed by atoms with Gasteiger partial charge in [-0.2, -0.15) is 0 Å². The van der Waals surface area contributed by atoms with Crippen molar-refractivity contribution < 1.29 is 24.5 Å². The Bertz CT molecular complexity index is 1090. The van der Waals surface area contributed by atoms with E-state index in [1.807, 2.05) is 6.08 Å². The highest BCUT2D eigenvalue weighted by molar-refractivity contribution is 5.77. The molecule has 0 heterocycles. The van der Waals surface area contributed by atoms with Crippen LogP contribution in [0.4, 0.5) is 0 Å². The van der Waals surface area contributed by atoms with Gasteiger partial charge in [0.15, 0.2) is 0 Å². The van der Waals surface area contributed by atoms with Crippen LogP contribution in [0.1, 0.15) is 220 Å². The minimum atomic E-state index is -0.799. The van der Waals surface area contributed by atoms with E-state index in [2.05, 4.69) is 92.9 Å². The van der Waals surface area contributed by atoms with Crippen molar-refractivity contribution in [2.75, 3.05) is 6.61 Å². The Hall–Kier alpha value is -2.70. The number of carbonyl (C=O) groups excluding carboxylic acids is 2. The number of hydrogen-bond acceptors (Lipinski definition) is 5. The number of aliphatic hydroxyl groups excluding tert-OH is 2. The molecule has 0 aliphatic carbocycles. The third kappa shape index (κ3) is 40.1. The molecule has 58 heavy (non-hydrogen) atoms. The fourth-order valence-corrected chi connectivity index (χ4v) is 6.93. The van der Waals surface area contributed by atoms with Crippen molar-refractivity contribution in [1.29, 1.82) is 0 Å². The van der Waals surface area contributed by atoms with Crippen LogP contribution in [0.15, 0.2) is 72.9 Å². The van der Waals surface area contributed by atoms with Gasteiger partial charge in [-0.15, -0.1) is 0 Å². The number of nitrogens with one attached hydrogen (secondary N) is 1. The average molecular weight is 810 g/mol. The summed E-state index contributed by atoms with van der Waals surface area (Å²) in [5.41, 5.74) is 0. The molecule has 6 heteroatoms. The first-order valence-corrected chi connectivity index (χ1v) is 24.2. The Kier molecular flexibility index (Phi) is 43.3. The summed E-state index contributed by atoms with van der Waals surface area (Å²) in [6, 6.07) is -0.715. The highest BCUT2D eigenvalue weighted by Gasteiger charge is 2.24. The molecule has 3 unspecified atom stereocenters. The van der Waals surface area contributed by atoms with Crippen molar-refractivity contribution in [3.05, 3.63) is 72.9 Å². The first-order chi connectivity index (χ1) is 28.5. The molecule has 334 valence electrons. The SMILES string of the molecule is CC/C=C\C/C=C\C/C=C\C/C=C\C/C=C\C/C=C\CCC(=O)OC(CCCCCCCCC)CC(=O)NC(CO)C(O)CCCCCCCCCCCCCCC. The number of rotatable bonds is 42. The molecule has 0 radical (unpaired) electrons. The molecule has 0 bridgehead atoms. The van der Waals surface area contributed by atoms with Crippen molar-refractivity contribution in [2.24, 2.45) is 0 Å². The van der Waals surface area contributed by atoms with Crippen molar-refractivity contribution in [3.8, 4) is 0 Å². The van der Waals surface area contributed by atoms with E-state index in [4.69, 9.17) is 4.74 Å². The Labute approximate surface area is 358 Å². The van der Waals surface area contributed by atoms with Crippen LogP contribution in [0, 0.1) is 0 Å². The summed E-state index contributed by atoms with van der Waals surface area (Å²) in [7, 11) is 0. The van der Waals surface area contributed by atoms with E-state index in [1.165, 1.54) is 89.9 Å². The lowest BCUT2D eigenvalue weighted by atomic mass is 10.0. The normalized spacial score (nSPS) is 13.9. The molecule has 0 aromatic rings. The quantitative estimate of drug-likeness (QED) is 0.0324. The van der Waals surface area contributed by atoms with Gasteiger partial charge in [-0.1, -0.05) is 216 Å². The van der Waals surface area contributed by atoms with E-state index in [0.29, 0.717) is 19.3 Å². The molecule has 0 aromatic heterocycles. The summed E-state index contributed by atoms with van der Waals surface area (Å²) >= 11 is 0. The lowest BCUT2D eigenvalue weighted by molar-refractivity contribution is -0.150. The molecule has 0 spiro atoms. The van der Waals surface area contributed by atoms with Crippen LogP contribution >= 0.6 is 0 Å². The second kappa shape index (κ2) is 45.4. The maximum Gasteiger partial charge on any atom is 0.306 e. The van der Waals surface area contributed by atoms with Crippen molar-refractivity contribution in [2.45, 2.75) is 238 Å². The van der Waals surface area contributed by atoms with Crippen molar-refractivity contribution >= 4 is 11.9 Å². The molecule has 1 amide bonds. The molecule has 0 saturated heterocycles. The predicted octanol–water partition coefficient (Wildman–Crippen LogP) is 14.2. The summed E-state index contributed by atoms with van der Waals surface area (Å²) in [6.07, 6.45) is 57.0. The van der Waals surface area contributed by atoms with Crippen LogP contribution < -0.4 is 5.32 Å². The van der Waals surface area contributed by atoms with Gasteiger partial charge in [0.1, 0.15) is 6.10 Å². The minimum absolute atomic E-state index is 0.0451. The second-order valence-electron chi connectivity index (χ2n) is 16.1. The van der Waals surface area contributed by atoms with E-state index in [-0.39, 0.29) is 31.3 Å². The number of unbranched alkanes of at least 4 members (excludes halogenated alkanes) is 18. The van der Waals surface area contributed by atoms with Crippen molar-refractivity contribution in [1.82, 2.24) is 5.32 Å².